The number of anilines is 2. The average molecular weight is 612 g/mol. The topological polar surface area (TPSA) is 125 Å². The van der Waals surface area contributed by atoms with Gasteiger partial charge in [0.2, 0.25) is 0 Å². The van der Waals surface area contributed by atoms with E-state index in [2.05, 4.69) is 41.5 Å². The molecule has 6 rings (SSSR count). The first-order chi connectivity index (χ1) is 21.7. The number of ether oxygens (including phenoxy) is 2. The van der Waals surface area contributed by atoms with Crippen LogP contribution < -0.4 is 15.5 Å². The highest BCUT2D eigenvalue weighted by molar-refractivity contribution is 6.03. The van der Waals surface area contributed by atoms with Gasteiger partial charge in [0.05, 0.1) is 18.7 Å². The van der Waals surface area contributed by atoms with Crippen molar-refractivity contribution in [2.75, 3.05) is 49.6 Å². The highest BCUT2D eigenvalue weighted by Crippen LogP contribution is 2.31. The largest absolute Gasteiger partial charge is 0.444 e. The van der Waals surface area contributed by atoms with E-state index in [1.54, 1.807) is 6.20 Å². The minimum atomic E-state index is -0.530. The fourth-order valence-corrected chi connectivity index (χ4v) is 5.90. The van der Waals surface area contributed by atoms with E-state index in [9.17, 15) is 9.59 Å². The lowest BCUT2D eigenvalue weighted by atomic mass is 10.0. The Balaban J connectivity index is 1.07. The quantitative estimate of drug-likeness (QED) is 0.260. The first-order valence-electron chi connectivity index (χ1n) is 15.6. The number of nitrogens with zero attached hydrogens (tertiary/aromatic N) is 4. The Morgan fingerprint density at radius 3 is 2.58 bits per heavy atom. The number of aromatic nitrogens is 3. The van der Waals surface area contributed by atoms with E-state index in [0.717, 1.165) is 72.6 Å². The van der Waals surface area contributed by atoms with Gasteiger partial charge in [-0.25, -0.2) is 9.78 Å². The molecule has 3 aromatic heterocycles. The Morgan fingerprint density at radius 2 is 1.80 bits per heavy atom. The first-order valence-corrected chi connectivity index (χ1v) is 15.6. The second kappa shape index (κ2) is 13.3. The van der Waals surface area contributed by atoms with E-state index >= 15 is 0 Å². The molecule has 3 N–H and O–H groups in total. The maximum atomic E-state index is 13.1. The van der Waals surface area contributed by atoms with Crippen LogP contribution in [0.4, 0.5) is 16.3 Å². The number of amides is 2. The van der Waals surface area contributed by atoms with Gasteiger partial charge in [-0.3, -0.25) is 14.7 Å². The second-order valence-corrected chi connectivity index (χ2v) is 12.7. The Bertz CT molecular complexity index is 1640. The highest BCUT2D eigenvalue weighted by Gasteiger charge is 2.24. The molecule has 0 bridgehead atoms. The number of benzene rings is 1. The number of hydrogen-bond donors (Lipinski definition) is 3. The Hall–Kier alpha value is -4.48. The van der Waals surface area contributed by atoms with E-state index in [1.807, 2.05) is 69.4 Å². The fraction of sp³-hybridized carbons (Fsp3) is 0.412. The zero-order valence-corrected chi connectivity index (χ0v) is 26.1. The van der Waals surface area contributed by atoms with Gasteiger partial charge in [0, 0.05) is 61.4 Å². The van der Waals surface area contributed by atoms with Crippen molar-refractivity contribution in [1.82, 2.24) is 25.2 Å². The molecule has 2 aliphatic rings. The third-order valence-electron chi connectivity index (χ3n) is 7.98. The molecule has 0 saturated carbocycles. The number of H-pyrrole nitrogens is 1. The molecule has 0 aliphatic carbocycles. The summed E-state index contributed by atoms with van der Waals surface area (Å²) in [5, 5.41) is 7.05. The summed E-state index contributed by atoms with van der Waals surface area (Å²) in [6, 6.07) is 15.7. The summed E-state index contributed by atoms with van der Waals surface area (Å²) in [5.41, 5.74) is 4.54. The number of piperidine rings is 1. The van der Waals surface area contributed by atoms with E-state index in [4.69, 9.17) is 9.47 Å². The van der Waals surface area contributed by atoms with E-state index in [0.29, 0.717) is 31.1 Å². The molecule has 11 nitrogen and oxygen atoms in total. The van der Waals surface area contributed by atoms with Gasteiger partial charge in [-0.05, 0) is 87.7 Å². The fourth-order valence-electron chi connectivity index (χ4n) is 5.90. The van der Waals surface area contributed by atoms with Crippen molar-refractivity contribution in [1.29, 1.82) is 0 Å². The molecule has 2 aliphatic heterocycles. The predicted octanol–water partition coefficient (Wildman–Crippen LogP) is 5.20. The van der Waals surface area contributed by atoms with Gasteiger partial charge >= 0.3 is 6.09 Å². The molecule has 45 heavy (non-hydrogen) atoms. The Labute approximate surface area is 263 Å². The van der Waals surface area contributed by atoms with Crippen LogP contribution in [0.3, 0.4) is 0 Å². The van der Waals surface area contributed by atoms with Crippen molar-refractivity contribution in [3.05, 3.63) is 72.2 Å². The maximum Gasteiger partial charge on any atom is 0.407 e. The van der Waals surface area contributed by atoms with E-state index in [-0.39, 0.29) is 18.0 Å². The maximum absolute atomic E-state index is 13.1. The molecule has 0 radical (unpaired) electrons. The molecule has 1 atom stereocenters. The molecular formula is C34H41N7O4. The number of aromatic amines is 1. The third kappa shape index (κ3) is 7.79. The monoisotopic (exact) mass is 611 g/mol. The zero-order chi connectivity index (χ0) is 31.4. The molecule has 0 spiro atoms. The van der Waals surface area contributed by atoms with Crippen LogP contribution in [-0.2, 0) is 16.0 Å². The molecule has 2 saturated heterocycles. The molecule has 2 amide bonds. The number of likely N-dealkylation sites (tertiary alicyclic amines) is 1. The summed E-state index contributed by atoms with van der Waals surface area (Å²) in [5.74, 6) is 0.703. The van der Waals surface area contributed by atoms with Gasteiger partial charge < -0.3 is 30.0 Å². The van der Waals surface area contributed by atoms with Crippen molar-refractivity contribution in [3.8, 4) is 11.3 Å². The number of fused-ring (bicyclic) bond motifs is 1. The smallest absolute Gasteiger partial charge is 0.407 e. The van der Waals surface area contributed by atoms with Crippen molar-refractivity contribution < 1.29 is 19.1 Å². The van der Waals surface area contributed by atoms with Crippen LogP contribution in [0.15, 0.2) is 60.9 Å². The zero-order valence-electron chi connectivity index (χ0n) is 26.1. The van der Waals surface area contributed by atoms with Gasteiger partial charge in [-0.2, -0.15) is 0 Å². The van der Waals surface area contributed by atoms with Crippen molar-refractivity contribution in [3.63, 3.8) is 0 Å². The minimum absolute atomic E-state index is 0.0222. The normalized spacial score (nSPS) is 17.7. The number of rotatable bonds is 7. The van der Waals surface area contributed by atoms with Gasteiger partial charge in [-0.1, -0.05) is 12.1 Å². The predicted molar refractivity (Wildman–Crippen MR) is 174 cm³/mol. The van der Waals surface area contributed by atoms with Crippen LogP contribution in [0, 0.1) is 0 Å². The minimum Gasteiger partial charge on any atom is -0.444 e. The molecule has 0 unspecified atom stereocenters. The summed E-state index contributed by atoms with van der Waals surface area (Å²) >= 11 is 0. The van der Waals surface area contributed by atoms with Gasteiger partial charge in [-0.15, -0.1) is 0 Å². The third-order valence-corrected chi connectivity index (χ3v) is 7.98. The van der Waals surface area contributed by atoms with Crippen molar-refractivity contribution in [2.24, 2.45) is 0 Å². The number of carbonyl (C=O) groups is 2. The summed E-state index contributed by atoms with van der Waals surface area (Å²) in [7, 11) is 0. The lowest BCUT2D eigenvalue weighted by Gasteiger charge is -2.33. The van der Waals surface area contributed by atoms with E-state index in [1.165, 1.54) is 0 Å². The molecule has 4 aromatic rings. The number of pyridine rings is 2. The molecule has 2 fully saturated rings. The summed E-state index contributed by atoms with van der Waals surface area (Å²) in [4.78, 5) is 42.4. The van der Waals surface area contributed by atoms with Crippen LogP contribution in [0.2, 0.25) is 0 Å². The van der Waals surface area contributed by atoms with Crippen LogP contribution in [0.5, 0.6) is 0 Å². The van der Waals surface area contributed by atoms with Gasteiger partial charge in [0.25, 0.3) is 5.91 Å². The second-order valence-electron chi connectivity index (χ2n) is 12.7. The van der Waals surface area contributed by atoms with E-state index < -0.39 is 5.60 Å². The standard InChI is InChI=1S/C34H41N7O4/c1-34(2,3)45-33(43)38-26-5-4-14-40(22-26)21-23-10-12-35-30(19-23)32(42)37-25-8-6-24(7-9-25)29-20-27-28(39-29)11-13-36-31(27)41-15-17-44-18-16-41/h6-13,19-20,26,39H,4-5,14-18,21-22H2,1-3H3,(H,37,42)(H,38,43)/t26-/m1/s1. The molecule has 1 aromatic carbocycles. The summed E-state index contributed by atoms with van der Waals surface area (Å²) in [6.07, 6.45) is 5.00. The Kier molecular flexibility index (Phi) is 8.99. The number of carbonyl (C=O) groups excluding carboxylic acids is 2. The average Bonchev–Trinajstić information content (AvgIpc) is 3.46. The summed E-state index contributed by atoms with van der Waals surface area (Å²) < 4.78 is 10.9. The molecular weight excluding hydrogens is 570 g/mol. The SMILES string of the molecule is CC(C)(C)OC(=O)N[C@@H]1CCCN(Cc2ccnc(C(=O)Nc3ccc(-c4cc5c(N6CCOCC6)nccc5[nH]4)cc3)c2)C1. The molecule has 236 valence electrons. The van der Waals surface area contributed by atoms with Crippen LogP contribution in [0.1, 0.15) is 49.7 Å². The number of alkyl carbamates (subject to hydrolysis) is 1. The first kappa shape index (κ1) is 30.5. The van der Waals surface area contributed by atoms with Crippen LogP contribution >= 0.6 is 0 Å². The lowest BCUT2D eigenvalue weighted by molar-refractivity contribution is 0.0470. The molecule has 11 heteroatoms. The molecule has 5 heterocycles. The van der Waals surface area contributed by atoms with Crippen molar-refractivity contribution in [2.45, 2.75) is 51.8 Å². The summed E-state index contributed by atoms with van der Waals surface area (Å²) in [6.45, 7) is 10.9. The van der Waals surface area contributed by atoms with Gasteiger partial charge in [0.15, 0.2) is 0 Å². The van der Waals surface area contributed by atoms with Crippen molar-refractivity contribution >= 4 is 34.4 Å². The number of morpholine rings is 1. The Morgan fingerprint density at radius 1 is 1.02 bits per heavy atom. The van der Waals surface area contributed by atoms with Crippen LogP contribution in [0.25, 0.3) is 22.2 Å². The van der Waals surface area contributed by atoms with Gasteiger partial charge in [0.1, 0.15) is 17.1 Å². The number of nitrogens with one attached hydrogen (secondary N) is 3. The van der Waals surface area contributed by atoms with Crippen LogP contribution in [-0.4, -0.2) is 82.9 Å². The highest BCUT2D eigenvalue weighted by atomic mass is 16.6. The lowest BCUT2D eigenvalue weighted by Crippen LogP contribution is -2.48. The number of hydrogen-bond acceptors (Lipinski definition) is 8.